The van der Waals surface area contributed by atoms with Crippen molar-refractivity contribution in [2.24, 2.45) is 0 Å². The molecule has 0 saturated carbocycles. The van der Waals surface area contributed by atoms with Gasteiger partial charge < -0.3 is 14.2 Å². The second-order valence-corrected chi connectivity index (χ2v) is 7.13. The Hall–Kier alpha value is -3.27. The van der Waals surface area contributed by atoms with E-state index in [2.05, 4.69) is 0 Å². The van der Waals surface area contributed by atoms with Gasteiger partial charge in [0.2, 0.25) is 0 Å². The van der Waals surface area contributed by atoms with Gasteiger partial charge in [0.05, 0.1) is 6.61 Å². The molecule has 0 spiro atoms. The van der Waals surface area contributed by atoms with Crippen LogP contribution in [0.4, 0.5) is 0 Å². The molecule has 0 aliphatic carbocycles. The summed E-state index contributed by atoms with van der Waals surface area (Å²) in [4.78, 5) is 12.3. The van der Waals surface area contributed by atoms with Crippen molar-refractivity contribution >= 4 is 5.97 Å². The molecule has 0 amide bonds. The zero-order valence-corrected chi connectivity index (χ0v) is 17.1. The molecule has 150 valence electrons. The summed E-state index contributed by atoms with van der Waals surface area (Å²) >= 11 is 0. The van der Waals surface area contributed by atoms with Crippen LogP contribution in [0.3, 0.4) is 0 Å². The molecule has 0 aromatic heterocycles. The standard InChI is InChI=1S/C25H26O4/c1-4-27-24(26)25(2,3)29-23-16-15-21(28-18-19-11-7-5-8-12-19)17-22(23)20-13-9-6-10-14-20/h5-17H,4,18H2,1-3H3. The maximum Gasteiger partial charge on any atom is 0.349 e. The molecular weight excluding hydrogens is 364 g/mol. The lowest BCUT2D eigenvalue weighted by Crippen LogP contribution is -2.39. The maximum atomic E-state index is 12.3. The van der Waals surface area contributed by atoms with Crippen LogP contribution in [0.2, 0.25) is 0 Å². The maximum absolute atomic E-state index is 12.3. The van der Waals surface area contributed by atoms with Crippen LogP contribution in [0.5, 0.6) is 11.5 Å². The molecule has 3 rings (SSSR count). The second kappa shape index (κ2) is 9.28. The van der Waals surface area contributed by atoms with Gasteiger partial charge in [0.1, 0.15) is 18.1 Å². The molecule has 0 radical (unpaired) electrons. The molecule has 3 aromatic carbocycles. The van der Waals surface area contributed by atoms with Crippen LogP contribution in [0.15, 0.2) is 78.9 Å². The number of ether oxygens (including phenoxy) is 3. The second-order valence-electron chi connectivity index (χ2n) is 7.13. The molecule has 0 fully saturated rings. The third kappa shape index (κ3) is 5.38. The first kappa shape index (κ1) is 20.5. The number of hydrogen-bond acceptors (Lipinski definition) is 4. The molecule has 4 heteroatoms. The molecule has 0 atom stereocenters. The van der Waals surface area contributed by atoms with Gasteiger partial charge in [-0.25, -0.2) is 4.79 Å². The average Bonchev–Trinajstić information content (AvgIpc) is 2.74. The smallest absolute Gasteiger partial charge is 0.349 e. The number of benzene rings is 3. The van der Waals surface area contributed by atoms with E-state index in [1.807, 2.05) is 78.9 Å². The van der Waals surface area contributed by atoms with E-state index in [0.717, 1.165) is 22.4 Å². The minimum atomic E-state index is -1.11. The highest BCUT2D eigenvalue weighted by molar-refractivity contribution is 5.80. The molecule has 0 saturated heterocycles. The van der Waals surface area contributed by atoms with Crippen molar-refractivity contribution in [2.75, 3.05) is 6.61 Å². The molecule has 0 aliphatic heterocycles. The van der Waals surface area contributed by atoms with Gasteiger partial charge >= 0.3 is 5.97 Å². The van der Waals surface area contributed by atoms with E-state index < -0.39 is 11.6 Å². The fourth-order valence-electron chi connectivity index (χ4n) is 2.89. The van der Waals surface area contributed by atoms with Crippen molar-refractivity contribution in [2.45, 2.75) is 33.0 Å². The number of esters is 1. The van der Waals surface area contributed by atoms with Gasteiger partial charge in [-0.05, 0) is 50.1 Å². The molecule has 3 aromatic rings. The Morgan fingerprint density at radius 3 is 2.21 bits per heavy atom. The monoisotopic (exact) mass is 390 g/mol. The summed E-state index contributed by atoms with van der Waals surface area (Å²) in [6, 6.07) is 25.5. The minimum Gasteiger partial charge on any atom is -0.489 e. The van der Waals surface area contributed by atoms with E-state index in [9.17, 15) is 4.79 Å². The van der Waals surface area contributed by atoms with Crippen molar-refractivity contribution in [1.82, 2.24) is 0 Å². The fourth-order valence-corrected chi connectivity index (χ4v) is 2.89. The Labute approximate surface area is 172 Å². The first-order valence-corrected chi connectivity index (χ1v) is 9.72. The number of rotatable bonds is 8. The molecule has 4 nitrogen and oxygen atoms in total. The summed E-state index contributed by atoms with van der Waals surface area (Å²) in [5, 5.41) is 0. The van der Waals surface area contributed by atoms with Gasteiger partial charge in [-0.2, -0.15) is 0 Å². The highest BCUT2D eigenvalue weighted by Gasteiger charge is 2.32. The highest BCUT2D eigenvalue weighted by Crippen LogP contribution is 2.36. The van der Waals surface area contributed by atoms with Crippen LogP contribution in [0.1, 0.15) is 26.3 Å². The predicted octanol–water partition coefficient (Wildman–Crippen LogP) is 5.65. The van der Waals surface area contributed by atoms with E-state index in [0.29, 0.717) is 19.0 Å². The van der Waals surface area contributed by atoms with Crippen molar-refractivity contribution in [3.8, 4) is 22.6 Å². The normalized spacial score (nSPS) is 11.0. The van der Waals surface area contributed by atoms with E-state index in [-0.39, 0.29) is 0 Å². The van der Waals surface area contributed by atoms with E-state index in [1.54, 1.807) is 20.8 Å². The Kier molecular flexibility index (Phi) is 6.55. The van der Waals surface area contributed by atoms with Crippen LogP contribution in [-0.4, -0.2) is 18.2 Å². The van der Waals surface area contributed by atoms with Crippen molar-refractivity contribution < 1.29 is 19.0 Å². The first-order chi connectivity index (χ1) is 14.0. The summed E-state index contributed by atoms with van der Waals surface area (Å²) in [6.45, 7) is 5.98. The van der Waals surface area contributed by atoms with Gasteiger partial charge in [0, 0.05) is 5.56 Å². The number of hydrogen-bond donors (Lipinski definition) is 0. The van der Waals surface area contributed by atoms with Crippen LogP contribution in [0.25, 0.3) is 11.1 Å². The Morgan fingerprint density at radius 1 is 0.897 bits per heavy atom. The van der Waals surface area contributed by atoms with Crippen molar-refractivity contribution in [3.63, 3.8) is 0 Å². The zero-order valence-electron chi connectivity index (χ0n) is 17.1. The predicted molar refractivity (Wildman–Crippen MR) is 114 cm³/mol. The molecule has 0 aliphatic rings. The van der Waals surface area contributed by atoms with Crippen molar-refractivity contribution in [1.29, 1.82) is 0 Å². The topological polar surface area (TPSA) is 44.8 Å². The van der Waals surface area contributed by atoms with Gasteiger partial charge in [0.15, 0.2) is 5.60 Å². The van der Waals surface area contributed by atoms with E-state index in [1.165, 1.54) is 0 Å². The average molecular weight is 390 g/mol. The molecule has 0 bridgehead atoms. The summed E-state index contributed by atoms with van der Waals surface area (Å²) in [7, 11) is 0. The Bertz CT molecular complexity index is 934. The zero-order chi connectivity index (χ0) is 20.7. The lowest BCUT2D eigenvalue weighted by Gasteiger charge is -2.26. The van der Waals surface area contributed by atoms with Crippen LogP contribution in [0, 0.1) is 0 Å². The molecule has 0 N–H and O–H groups in total. The quantitative estimate of drug-likeness (QED) is 0.466. The highest BCUT2D eigenvalue weighted by atomic mass is 16.6. The molecule has 29 heavy (non-hydrogen) atoms. The molecule has 0 unspecified atom stereocenters. The first-order valence-electron chi connectivity index (χ1n) is 9.72. The third-order valence-electron chi connectivity index (χ3n) is 4.42. The lowest BCUT2D eigenvalue weighted by atomic mass is 10.0. The van der Waals surface area contributed by atoms with E-state index >= 15 is 0 Å². The Balaban J connectivity index is 1.89. The Morgan fingerprint density at radius 2 is 1.55 bits per heavy atom. The van der Waals surface area contributed by atoms with Crippen LogP contribution in [-0.2, 0) is 16.1 Å². The molecule has 0 heterocycles. The van der Waals surface area contributed by atoms with Gasteiger partial charge in [-0.1, -0.05) is 60.7 Å². The van der Waals surface area contributed by atoms with Gasteiger partial charge in [-0.15, -0.1) is 0 Å². The number of carbonyl (C=O) groups excluding carboxylic acids is 1. The minimum absolute atomic E-state index is 0.309. The molecular formula is C25H26O4. The largest absolute Gasteiger partial charge is 0.489 e. The summed E-state index contributed by atoms with van der Waals surface area (Å²) in [5.41, 5.74) is 1.82. The number of carbonyl (C=O) groups is 1. The SMILES string of the molecule is CCOC(=O)C(C)(C)Oc1ccc(OCc2ccccc2)cc1-c1ccccc1. The van der Waals surface area contributed by atoms with Crippen molar-refractivity contribution in [3.05, 3.63) is 84.4 Å². The fraction of sp³-hybridized carbons (Fsp3) is 0.240. The summed E-state index contributed by atoms with van der Waals surface area (Å²) in [5.74, 6) is 0.929. The summed E-state index contributed by atoms with van der Waals surface area (Å²) in [6.07, 6.45) is 0. The summed E-state index contributed by atoms with van der Waals surface area (Å²) < 4.78 is 17.2. The van der Waals surface area contributed by atoms with Gasteiger partial charge in [0.25, 0.3) is 0 Å². The van der Waals surface area contributed by atoms with E-state index in [4.69, 9.17) is 14.2 Å². The van der Waals surface area contributed by atoms with Crippen LogP contribution < -0.4 is 9.47 Å². The van der Waals surface area contributed by atoms with Crippen LogP contribution >= 0.6 is 0 Å². The lowest BCUT2D eigenvalue weighted by molar-refractivity contribution is -0.158. The third-order valence-corrected chi connectivity index (χ3v) is 4.42. The van der Waals surface area contributed by atoms with Gasteiger partial charge in [-0.3, -0.25) is 0 Å².